The van der Waals surface area contributed by atoms with Gasteiger partial charge in [0.15, 0.2) is 0 Å². The van der Waals surface area contributed by atoms with Crippen LogP contribution in [-0.4, -0.2) is 23.6 Å². The van der Waals surface area contributed by atoms with Gasteiger partial charge < -0.3 is 4.90 Å². The van der Waals surface area contributed by atoms with Gasteiger partial charge in [0.2, 0.25) is 0 Å². The second kappa shape index (κ2) is 6.18. The van der Waals surface area contributed by atoms with Crippen LogP contribution in [0, 0.1) is 5.92 Å². The lowest BCUT2D eigenvalue weighted by molar-refractivity contribution is -0.114. The molecule has 1 aromatic carbocycles. The van der Waals surface area contributed by atoms with Gasteiger partial charge in [0.25, 0.3) is 11.7 Å². The van der Waals surface area contributed by atoms with E-state index in [9.17, 15) is 9.59 Å². The average molecular weight is 389 g/mol. The molecule has 102 valence electrons. The van der Waals surface area contributed by atoms with E-state index in [1.807, 2.05) is 6.07 Å². The zero-order valence-electron chi connectivity index (χ0n) is 10.7. The van der Waals surface area contributed by atoms with Gasteiger partial charge in [-0.25, -0.2) is 0 Å². The average Bonchev–Trinajstić information content (AvgIpc) is 2.64. The molecule has 0 aliphatic carbocycles. The maximum absolute atomic E-state index is 12.1. The van der Waals surface area contributed by atoms with Crippen molar-refractivity contribution in [3.05, 3.63) is 28.2 Å². The molecule has 0 bridgehead atoms. The quantitative estimate of drug-likeness (QED) is 0.568. The number of para-hydroxylation sites is 1. The first-order valence-corrected chi connectivity index (χ1v) is 8.22. The lowest BCUT2D eigenvalue weighted by Gasteiger charge is -2.23. The second-order valence-electron chi connectivity index (χ2n) is 4.69. The highest BCUT2D eigenvalue weighted by atomic mass is 79.9. The van der Waals surface area contributed by atoms with Crippen molar-refractivity contribution in [2.45, 2.75) is 19.8 Å². The third kappa shape index (κ3) is 2.77. The summed E-state index contributed by atoms with van der Waals surface area (Å²) in [5, 5.41) is 0.832. The van der Waals surface area contributed by atoms with Crippen molar-refractivity contribution in [3.63, 3.8) is 0 Å². The minimum Gasteiger partial charge on any atom is -0.303 e. The van der Waals surface area contributed by atoms with Gasteiger partial charge in [0.1, 0.15) is 0 Å². The Balaban J connectivity index is 2.32. The van der Waals surface area contributed by atoms with Gasteiger partial charge in [0.05, 0.1) is 11.3 Å². The molecule has 0 aromatic heterocycles. The third-order valence-corrected chi connectivity index (χ3v) is 4.85. The highest BCUT2D eigenvalue weighted by Crippen LogP contribution is 2.36. The molecule has 5 heteroatoms. The second-order valence-corrected chi connectivity index (χ2v) is 6.19. The zero-order valence-corrected chi connectivity index (χ0v) is 13.8. The van der Waals surface area contributed by atoms with Crippen molar-refractivity contribution < 1.29 is 9.59 Å². The molecular formula is C14H15Br2NO2. The third-order valence-electron chi connectivity index (χ3n) is 3.30. The summed E-state index contributed by atoms with van der Waals surface area (Å²) in [5.41, 5.74) is 1.23. The Morgan fingerprint density at radius 1 is 1.32 bits per heavy atom. The SMILES string of the molecule is CCCC(CBr)CN1C(=O)C(=O)c2cccc(Br)c21. The topological polar surface area (TPSA) is 37.4 Å². The van der Waals surface area contributed by atoms with E-state index < -0.39 is 11.7 Å². The van der Waals surface area contributed by atoms with Crippen molar-refractivity contribution in [2.75, 3.05) is 16.8 Å². The minimum absolute atomic E-state index is 0.361. The molecular weight excluding hydrogens is 374 g/mol. The number of hydrogen-bond acceptors (Lipinski definition) is 2. The van der Waals surface area contributed by atoms with E-state index in [0.29, 0.717) is 18.0 Å². The van der Waals surface area contributed by atoms with Crippen molar-refractivity contribution in [2.24, 2.45) is 5.92 Å². The van der Waals surface area contributed by atoms with Crippen molar-refractivity contribution in [3.8, 4) is 0 Å². The number of fused-ring (bicyclic) bond motifs is 1. The Morgan fingerprint density at radius 3 is 2.68 bits per heavy atom. The molecule has 1 aromatic rings. The standard InChI is InChI=1S/C14H15Br2NO2/c1-2-4-9(7-15)8-17-12-10(13(18)14(17)19)5-3-6-11(12)16/h3,5-6,9H,2,4,7-8H2,1H3. The van der Waals surface area contributed by atoms with Gasteiger partial charge >= 0.3 is 0 Å². The monoisotopic (exact) mass is 387 g/mol. The Bertz CT molecular complexity index is 516. The molecule has 1 unspecified atom stereocenters. The molecule has 3 nitrogen and oxygen atoms in total. The number of hydrogen-bond donors (Lipinski definition) is 0. The van der Waals surface area contributed by atoms with E-state index >= 15 is 0 Å². The van der Waals surface area contributed by atoms with E-state index in [0.717, 1.165) is 28.3 Å². The highest BCUT2D eigenvalue weighted by Gasteiger charge is 2.37. The number of carbonyl (C=O) groups is 2. The molecule has 0 fully saturated rings. The zero-order chi connectivity index (χ0) is 14.0. The Kier molecular flexibility index (Phi) is 4.79. The van der Waals surface area contributed by atoms with Crippen LogP contribution in [0.3, 0.4) is 0 Å². The van der Waals surface area contributed by atoms with Crippen LogP contribution >= 0.6 is 31.9 Å². The molecule has 1 aliphatic rings. The molecule has 0 radical (unpaired) electrons. The first kappa shape index (κ1) is 14.7. The molecule has 1 amide bonds. The molecule has 1 aliphatic heterocycles. The predicted octanol–water partition coefficient (Wildman–Crippen LogP) is 3.79. The Morgan fingerprint density at radius 2 is 2.05 bits per heavy atom. The fourth-order valence-corrected chi connectivity index (χ4v) is 3.48. The fourth-order valence-electron chi connectivity index (χ4n) is 2.37. The first-order valence-electron chi connectivity index (χ1n) is 6.30. The van der Waals surface area contributed by atoms with Gasteiger partial charge in [-0.2, -0.15) is 0 Å². The number of Topliss-reactive ketones (excluding diaryl/α,β-unsaturated/α-hetero) is 1. The van der Waals surface area contributed by atoms with Gasteiger partial charge in [-0.1, -0.05) is 35.3 Å². The Labute approximate surface area is 129 Å². The molecule has 1 heterocycles. The van der Waals surface area contributed by atoms with Crippen LogP contribution < -0.4 is 4.90 Å². The summed E-state index contributed by atoms with van der Waals surface area (Å²) < 4.78 is 0.800. The van der Waals surface area contributed by atoms with E-state index in [1.54, 1.807) is 17.0 Å². The number of anilines is 1. The predicted molar refractivity (Wildman–Crippen MR) is 83.0 cm³/mol. The summed E-state index contributed by atoms with van der Waals surface area (Å²) in [4.78, 5) is 25.7. The molecule has 2 rings (SSSR count). The summed E-state index contributed by atoms with van der Waals surface area (Å²) in [6.45, 7) is 2.70. The minimum atomic E-state index is -0.413. The van der Waals surface area contributed by atoms with Gasteiger partial charge in [-0.3, -0.25) is 9.59 Å². The number of alkyl halides is 1. The summed E-state index contributed by atoms with van der Waals surface area (Å²) in [6, 6.07) is 5.36. The highest BCUT2D eigenvalue weighted by molar-refractivity contribution is 9.10. The first-order chi connectivity index (χ1) is 9.10. The molecule has 1 atom stereocenters. The number of rotatable bonds is 5. The lowest BCUT2D eigenvalue weighted by Crippen LogP contribution is -2.35. The number of ketones is 1. The maximum Gasteiger partial charge on any atom is 0.299 e. The van der Waals surface area contributed by atoms with Crippen molar-refractivity contribution >= 4 is 49.2 Å². The molecule has 0 spiro atoms. The summed E-state index contributed by atoms with van der Waals surface area (Å²) in [7, 11) is 0. The van der Waals surface area contributed by atoms with Crippen LogP contribution in [0.25, 0.3) is 0 Å². The smallest absolute Gasteiger partial charge is 0.299 e. The number of nitrogens with zero attached hydrogens (tertiary/aromatic N) is 1. The summed E-state index contributed by atoms with van der Waals surface area (Å²) >= 11 is 6.92. The van der Waals surface area contributed by atoms with Crippen LogP contribution in [0.15, 0.2) is 22.7 Å². The fraction of sp³-hybridized carbons (Fsp3) is 0.429. The molecule has 19 heavy (non-hydrogen) atoms. The lowest BCUT2D eigenvalue weighted by atomic mass is 10.1. The van der Waals surface area contributed by atoms with Crippen molar-refractivity contribution in [1.29, 1.82) is 0 Å². The molecule has 0 saturated carbocycles. The Hall–Kier alpha value is -0.680. The maximum atomic E-state index is 12.1. The number of carbonyl (C=O) groups excluding carboxylic acids is 2. The van der Waals surface area contributed by atoms with Gasteiger partial charge in [-0.05, 0) is 40.4 Å². The molecule has 0 saturated heterocycles. The number of halogens is 2. The van der Waals surface area contributed by atoms with Crippen LogP contribution in [0.2, 0.25) is 0 Å². The van der Waals surface area contributed by atoms with Crippen molar-refractivity contribution in [1.82, 2.24) is 0 Å². The molecule has 0 N–H and O–H groups in total. The van der Waals surface area contributed by atoms with Gasteiger partial charge in [0, 0.05) is 16.3 Å². The van der Waals surface area contributed by atoms with Crippen LogP contribution in [-0.2, 0) is 4.79 Å². The van der Waals surface area contributed by atoms with E-state index in [1.165, 1.54) is 0 Å². The van der Waals surface area contributed by atoms with E-state index in [-0.39, 0.29) is 0 Å². The van der Waals surface area contributed by atoms with Crippen LogP contribution in [0.4, 0.5) is 5.69 Å². The van der Waals surface area contributed by atoms with Crippen LogP contribution in [0.5, 0.6) is 0 Å². The van der Waals surface area contributed by atoms with Crippen LogP contribution in [0.1, 0.15) is 30.1 Å². The number of benzene rings is 1. The number of amides is 1. The largest absolute Gasteiger partial charge is 0.303 e. The van der Waals surface area contributed by atoms with E-state index in [2.05, 4.69) is 38.8 Å². The summed E-state index contributed by atoms with van der Waals surface area (Å²) in [6.07, 6.45) is 2.10. The summed E-state index contributed by atoms with van der Waals surface area (Å²) in [5.74, 6) is -0.454. The van der Waals surface area contributed by atoms with E-state index in [4.69, 9.17) is 0 Å². The normalized spacial score (nSPS) is 15.8. The van der Waals surface area contributed by atoms with Gasteiger partial charge in [-0.15, -0.1) is 0 Å².